The zero-order valence-corrected chi connectivity index (χ0v) is 15.4. The molecule has 1 aromatic carbocycles. The van der Waals surface area contributed by atoms with Gasteiger partial charge in [0.2, 0.25) is 5.91 Å². The highest BCUT2D eigenvalue weighted by Gasteiger charge is 2.19. The molecule has 1 rings (SSSR count). The van der Waals surface area contributed by atoms with E-state index in [0.29, 0.717) is 12.0 Å². The number of likely N-dealkylation sites (N-methyl/N-ethyl adjacent to an activating group) is 2. The van der Waals surface area contributed by atoms with E-state index in [-0.39, 0.29) is 30.3 Å². The number of carbonyl (C=O) groups is 3. The number of benzene rings is 1. The largest absolute Gasteiger partial charge is 0.454 e. The van der Waals surface area contributed by atoms with E-state index in [4.69, 9.17) is 4.74 Å². The van der Waals surface area contributed by atoms with Crippen LogP contribution in [0.3, 0.4) is 0 Å². The molecule has 6 nitrogen and oxygen atoms in total. The van der Waals surface area contributed by atoms with Gasteiger partial charge in [0.15, 0.2) is 0 Å². The van der Waals surface area contributed by atoms with Crippen molar-refractivity contribution in [2.75, 3.05) is 33.6 Å². The van der Waals surface area contributed by atoms with Gasteiger partial charge in [-0.3, -0.25) is 14.4 Å². The average molecular weight is 352 g/mol. The topological polar surface area (TPSA) is 66.9 Å². The van der Waals surface area contributed by atoms with E-state index in [1.807, 2.05) is 13.0 Å². The monoisotopic (exact) mass is 352 g/mol. The molecule has 132 valence electrons. The van der Waals surface area contributed by atoms with Crippen molar-refractivity contribution < 1.29 is 19.1 Å². The third-order valence-electron chi connectivity index (χ3n) is 3.22. The fourth-order valence-corrected chi connectivity index (χ4v) is 2.63. The first kappa shape index (κ1) is 20.0. The van der Waals surface area contributed by atoms with Gasteiger partial charge in [-0.2, -0.15) is 0 Å². The van der Waals surface area contributed by atoms with Crippen LogP contribution in [-0.4, -0.2) is 61.2 Å². The maximum absolute atomic E-state index is 12.6. The Morgan fingerprint density at radius 2 is 1.79 bits per heavy atom. The average Bonchev–Trinajstić information content (AvgIpc) is 2.54. The van der Waals surface area contributed by atoms with Crippen LogP contribution < -0.4 is 0 Å². The molecule has 7 heteroatoms. The lowest BCUT2D eigenvalue weighted by Crippen LogP contribution is -2.37. The van der Waals surface area contributed by atoms with E-state index in [2.05, 4.69) is 0 Å². The van der Waals surface area contributed by atoms with E-state index >= 15 is 0 Å². The lowest BCUT2D eigenvalue weighted by molar-refractivity contribution is -0.141. The fourth-order valence-electron chi connectivity index (χ4n) is 1.83. The van der Waals surface area contributed by atoms with Gasteiger partial charge < -0.3 is 14.5 Å². The van der Waals surface area contributed by atoms with Gasteiger partial charge >= 0.3 is 5.97 Å². The van der Waals surface area contributed by atoms with Gasteiger partial charge in [-0.05, 0) is 18.6 Å². The van der Waals surface area contributed by atoms with Crippen LogP contribution in [0.5, 0.6) is 0 Å². The Kier molecular flexibility index (Phi) is 8.32. The molecule has 0 fully saturated rings. The van der Waals surface area contributed by atoms with Gasteiger partial charge in [0.05, 0.1) is 12.1 Å². The standard InChI is InChI=1S/C17H24N2O4S/c1-5-8-16(21)23-12-24-14-10-7-6-9-13(14)17(22)19(4)11-15(20)18(2)3/h6-7,9-10H,5,8,11-12H2,1-4H3. The van der Waals surface area contributed by atoms with E-state index < -0.39 is 0 Å². The Labute approximate surface area is 147 Å². The first-order chi connectivity index (χ1) is 11.4. The molecule has 0 spiro atoms. The second-order valence-electron chi connectivity index (χ2n) is 5.47. The smallest absolute Gasteiger partial charge is 0.306 e. The summed E-state index contributed by atoms with van der Waals surface area (Å²) in [4.78, 5) is 39.2. The van der Waals surface area contributed by atoms with Crippen molar-refractivity contribution in [3.8, 4) is 0 Å². The van der Waals surface area contributed by atoms with Crippen molar-refractivity contribution in [2.45, 2.75) is 24.7 Å². The number of thioether (sulfide) groups is 1. The van der Waals surface area contributed by atoms with Crippen LogP contribution in [0.25, 0.3) is 0 Å². The van der Waals surface area contributed by atoms with Crippen molar-refractivity contribution in [3.05, 3.63) is 29.8 Å². The molecule has 0 radical (unpaired) electrons. The highest BCUT2D eigenvalue weighted by atomic mass is 32.2. The maximum Gasteiger partial charge on any atom is 0.306 e. The highest BCUT2D eigenvalue weighted by molar-refractivity contribution is 7.99. The van der Waals surface area contributed by atoms with Crippen LogP contribution in [0.15, 0.2) is 29.2 Å². The predicted octanol–water partition coefficient (Wildman–Crippen LogP) is 2.24. The SMILES string of the molecule is CCCC(=O)OCSc1ccccc1C(=O)N(C)CC(=O)N(C)C. The number of hydrogen-bond donors (Lipinski definition) is 0. The second kappa shape index (κ2) is 9.97. The van der Waals surface area contributed by atoms with E-state index in [9.17, 15) is 14.4 Å². The zero-order valence-electron chi connectivity index (χ0n) is 14.6. The molecule has 0 unspecified atom stereocenters. The van der Waals surface area contributed by atoms with Gasteiger partial charge in [0.1, 0.15) is 5.94 Å². The first-order valence-electron chi connectivity index (χ1n) is 7.69. The van der Waals surface area contributed by atoms with Crippen LogP contribution in [0.2, 0.25) is 0 Å². The quantitative estimate of drug-likeness (QED) is 0.408. The summed E-state index contributed by atoms with van der Waals surface area (Å²) in [5.41, 5.74) is 0.489. The maximum atomic E-state index is 12.6. The van der Waals surface area contributed by atoms with Gasteiger partial charge in [-0.25, -0.2) is 0 Å². The Bertz CT molecular complexity index is 590. The number of nitrogens with zero attached hydrogens (tertiary/aromatic N) is 2. The van der Waals surface area contributed by atoms with Crippen LogP contribution in [-0.2, 0) is 14.3 Å². The Balaban J connectivity index is 2.72. The summed E-state index contributed by atoms with van der Waals surface area (Å²) in [7, 11) is 4.89. The number of esters is 1. The minimum absolute atomic E-state index is 0.0102. The van der Waals surface area contributed by atoms with Crippen LogP contribution in [0.1, 0.15) is 30.1 Å². The second-order valence-corrected chi connectivity index (χ2v) is 6.44. The summed E-state index contributed by atoms with van der Waals surface area (Å²) in [5.74, 6) is -0.483. The summed E-state index contributed by atoms with van der Waals surface area (Å²) in [5, 5.41) is 0. The molecule has 0 heterocycles. The molecule has 2 amide bonds. The van der Waals surface area contributed by atoms with Gasteiger partial charge in [-0.15, -0.1) is 0 Å². The molecule has 0 bridgehead atoms. The van der Waals surface area contributed by atoms with Crippen LogP contribution in [0, 0.1) is 0 Å². The molecule has 0 aliphatic rings. The molecule has 0 N–H and O–H groups in total. The van der Waals surface area contributed by atoms with E-state index in [0.717, 1.165) is 11.3 Å². The molecule has 0 aliphatic heterocycles. The van der Waals surface area contributed by atoms with Gasteiger partial charge in [-0.1, -0.05) is 30.8 Å². The van der Waals surface area contributed by atoms with E-state index in [1.165, 1.54) is 21.6 Å². The van der Waals surface area contributed by atoms with Crippen molar-refractivity contribution in [1.29, 1.82) is 0 Å². The number of hydrogen-bond acceptors (Lipinski definition) is 5. The molecule has 24 heavy (non-hydrogen) atoms. The molecule has 0 aliphatic carbocycles. The molecule has 0 aromatic heterocycles. The summed E-state index contributed by atoms with van der Waals surface area (Å²) >= 11 is 1.29. The lowest BCUT2D eigenvalue weighted by Gasteiger charge is -2.20. The van der Waals surface area contributed by atoms with Crippen LogP contribution >= 0.6 is 11.8 Å². The zero-order chi connectivity index (χ0) is 18.1. The molecule has 0 atom stereocenters. The number of amides is 2. The number of ether oxygens (including phenoxy) is 1. The Morgan fingerprint density at radius 3 is 2.42 bits per heavy atom. The summed E-state index contributed by atoms with van der Waals surface area (Å²) < 4.78 is 5.12. The van der Waals surface area contributed by atoms with Gasteiger partial charge in [0.25, 0.3) is 5.91 Å². The molecule has 0 saturated heterocycles. The first-order valence-corrected chi connectivity index (χ1v) is 8.68. The van der Waals surface area contributed by atoms with E-state index in [1.54, 1.807) is 39.3 Å². The highest BCUT2D eigenvalue weighted by Crippen LogP contribution is 2.24. The Hall–Kier alpha value is -2.02. The minimum atomic E-state index is -0.248. The molecule has 1 aromatic rings. The number of rotatable bonds is 8. The van der Waals surface area contributed by atoms with Crippen molar-refractivity contribution >= 4 is 29.5 Å². The van der Waals surface area contributed by atoms with Crippen LogP contribution in [0.4, 0.5) is 0 Å². The predicted molar refractivity (Wildman–Crippen MR) is 93.8 cm³/mol. The van der Waals surface area contributed by atoms with Crippen molar-refractivity contribution in [1.82, 2.24) is 9.80 Å². The normalized spacial score (nSPS) is 10.2. The minimum Gasteiger partial charge on any atom is -0.454 e. The molecule has 0 saturated carbocycles. The van der Waals surface area contributed by atoms with Crippen molar-refractivity contribution in [3.63, 3.8) is 0 Å². The molecular weight excluding hydrogens is 328 g/mol. The van der Waals surface area contributed by atoms with Gasteiger partial charge in [0, 0.05) is 32.5 Å². The van der Waals surface area contributed by atoms with Crippen molar-refractivity contribution in [2.24, 2.45) is 0 Å². The summed E-state index contributed by atoms with van der Waals surface area (Å²) in [6, 6.07) is 7.09. The Morgan fingerprint density at radius 1 is 1.12 bits per heavy atom. The molecular formula is C17H24N2O4S. The lowest BCUT2D eigenvalue weighted by atomic mass is 10.2. The summed E-state index contributed by atoms with van der Waals surface area (Å²) in [6.45, 7) is 1.92. The third kappa shape index (κ3) is 6.23. The number of carbonyl (C=O) groups excluding carboxylic acids is 3. The summed E-state index contributed by atoms with van der Waals surface area (Å²) in [6.07, 6.45) is 1.12. The fraction of sp³-hybridized carbons (Fsp3) is 0.471. The third-order valence-corrected chi connectivity index (χ3v) is 4.13.